The van der Waals surface area contributed by atoms with E-state index in [1.165, 1.54) is 12.8 Å². The molecule has 0 fully saturated rings. The maximum Gasteiger partial charge on any atom is 0.180 e. The van der Waals surface area contributed by atoms with Crippen molar-refractivity contribution in [2.24, 2.45) is 0 Å². The summed E-state index contributed by atoms with van der Waals surface area (Å²) >= 11 is 0. The highest BCUT2D eigenvalue weighted by Gasteiger charge is 2.09. The molecule has 0 aliphatic rings. The van der Waals surface area contributed by atoms with E-state index in [0.29, 0.717) is 6.04 Å². The van der Waals surface area contributed by atoms with E-state index in [9.17, 15) is 0 Å². The van der Waals surface area contributed by atoms with Crippen LogP contribution in [-0.2, 0) is 0 Å². The maximum absolute atomic E-state index is 4.61. The van der Waals surface area contributed by atoms with Gasteiger partial charge < -0.3 is 15.0 Å². The number of nitrogens with zero attached hydrogens (tertiary/aromatic N) is 3. The number of rotatable bonds is 7. The molecule has 2 heterocycles. The van der Waals surface area contributed by atoms with Crippen molar-refractivity contribution in [2.75, 3.05) is 17.2 Å². The van der Waals surface area contributed by atoms with Gasteiger partial charge >= 0.3 is 0 Å². The highest BCUT2D eigenvalue weighted by atomic mass is 15.1. The minimum atomic E-state index is 0.407. The first-order chi connectivity index (χ1) is 9.24. The Morgan fingerprint density at radius 3 is 2.95 bits per heavy atom. The summed E-state index contributed by atoms with van der Waals surface area (Å²) in [5, 5.41) is 6.72. The summed E-state index contributed by atoms with van der Waals surface area (Å²) < 4.78 is 2.00. The number of imidazole rings is 1. The van der Waals surface area contributed by atoms with Crippen molar-refractivity contribution >= 4 is 17.3 Å². The molecule has 0 aliphatic carbocycles. The van der Waals surface area contributed by atoms with Crippen LogP contribution >= 0.6 is 0 Å². The van der Waals surface area contributed by atoms with Crippen LogP contribution in [0, 0.1) is 0 Å². The van der Waals surface area contributed by atoms with E-state index in [1.54, 1.807) is 6.20 Å². The monoisotopic (exact) mass is 261 g/mol. The number of anilines is 2. The van der Waals surface area contributed by atoms with Gasteiger partial charge in [0.2, 0.25) is 0 Å². The Labute approximate surface area is 114 Å². The van der Waals surface area contributed by atoms with Crippen LogP contribution in [0.1, 0.15) is 40.0 Å². The molecule has 1 atom stereocenters. The molecular formula is C14H23N5. The summed E-state index contributed by atoms with van der Waals surface area (Å²) in [4.78, 5) is 8.97. The molecule has 0 amide bonds. The molecule has 2 aromatic rings. The topological polar surface area (TPSA) is 54.2 Å². The van der Waals surface area contributed by atoms with Crippen molar-refractivity contribution in [1.29, 1.82) is 0 Å². The van der Waals surface area contributed by atoms with Crippen LogP contribution in [0.25, 0.3) is 5.65 Å². The molecule has 1 unspecified atom stereocenters. The Morgan fingerprint density at radius 1 is 1.37 bits per heavy atom. The zero-order chi connectivity index (χ0) is 13.7. The van der Waals surface area contributed by atoms with Crippen molar-refractivity contribution in [2.45, 2.75) is 46.1 Å². The van der Waals surface area contributed by atoms with E-state index < -0.39 is 0 Å². The summed E-state index contributed by atoms with van der Waals surface area (Å²) in [5.74, 6) is 1.73. The third-order valence-corrected chi connectivity index (χ3v) is 3.11. The highest BCUT2D eigenvalue weighted by Crippen LogP contribution is 2.18. The lowest BCUT2D eigenvalue weighted by atomic mass is 10.1. The standard InChI is InChI=1S/C14H23N5/c1-4-6-7-11(3)17-13-14-16-8-9-19(14)10-12(18-13)15-5-2/h8-11,15H,4-7H2,1-3H3,(H,17,18). The van der Waals surface area contributed by atoms with Gasteiger partial charge in [0.25, 0.3) is 0 Å². The Hall–Kier alpha value is -1.78. The van der Waals surface area contributed by atoms with Gasteiger partial charge in [0.05, 0.1) is 6.20 Å². The lowest BCUT2D eigenvalue weighted by molar-refractivity contribution is 0.643. The molecule has 0 aromatic carbocycles. The minimum absolute atomic E-state index is 0.407. The van der Waals surface area contributed by atoms with Crippen LogP contribution in [0.4, 0.5) is 11.6 Å². The molecule has 19 heavy (non-hydrogen) atoms. The molecule has 2 N–H and O–H groups in total. The summed E-state index contributed by atoms with van der Waals surface area (Å²) in [5.41, 5.74) is 0.880. The molecule has 0 saturated heterocycles. The van der Waals surface area contributed by atoms with Gasteiger partial charge in [0.1, 0.15) is 5.82 Å². The average molecular weight is 261 g/mol. The molecule has 2 aromatic heterocycles. The molecule has 0 radical (unpaired) electrons. The van der Waals surface area contributed by atoms with Crippen molar-refractivity contribution < 1.29 is 0 Å². The molecule has 0 spiro atoms. The van der Waals surface area contributed by atoms with E-state index in [1.807, 2.05) is 16.8 Å². The van der Waals surface area contributed by atoms with E-state index in [0.717, 1.165) is 30.2 Å². The SMILES string of the molecule is CCCCC(C)Nc1nc(NCC)cn2ccnc12. The fraction of sp³-hybridized carbons (Fsp3) is 0.571. The lowest BCUT2D eigenvalue weighted by Crippen LogP contribution is -2.17. The molecule has 0 bridgehead atoms. The summed E-state index contributed by atoms with van der Waals surface area (Å²) in [6.07, 6.45) is 9.31. The average Bonchev–Trinajstić information content (AvgIpc) is 2.85. The Balaban J connectivity index is 2.21. The quantitative estimate of drug-likeness (QED) is 0.804. The Morgan fingerprint density at radius 2 is 2.21 bits per heavy atom. The van der Waals surface area contributed by atoms with E-state index in [2.05, 4.69) is 41.4 Å². The van der Waals surface area contributed by atoms with Gasteiger partial charge in [-0.15, -0.1) is 0 Å². The lowest BCUT2D eigenvalue weighted by Gasteiger charge is -2.15. The van der Waals surface area contributed by atoms with Gasteiger partial charge in [-0.1, -0.05) is 19.8 Å². The van der Waals surface area contributed by atoms with Gasteiger partial charge in [-0.25, -0.2) is 9.97 Å². The Kier molecular flexibility index (Phi) is 4.60. The molecular weight excluding hydrogens is 238 g/mol. The van der Waals surface area contributed by atoms with Crippen molar-refractivity contribution in [3.63, 3.8) is 0 Å². The molecule has 104 valence electrons. The van der Waals surface area contributed by atoms with Crippen molar-refractivity contribution in [3.05, 3.63) is 18.6 Å². The number of fused-ring (bicyclic) bond motifs is 1. The second-order valence-corrected chi connectivity index (χ2v) is 4.85. The number of hydrogen-bond acceptors (Lipinski definition) is 4. The molecule has 0 aliphatic heterocycles. The molecule has 5 nitrogen and oxygen atoms in total. The minimum Gasteiger partial charge on any atom is -0.369 e. The zero-order valence-electron chi connectivity index (χ0n) is 12.0. The Bertz CT molecular complexity index is 520. The van der Waals surface area contributed by atoms with Gasteiger partial charge in [-0.05, 0) is 20.3 Å². The number of nitrogens with one attached hydrogen (secondary N) is 2. The second kappa shape index (κ2) is 6.41. The third-order valence-electron chi connectivity index (χ3n) is 3.11. The molecule has 5 heteroatoms. The van der Waals surface area contributed by atoms with Crippen LogP contribution in [0.2, 0.25) is 0 Å². The van der Waals surface area contributed by atoms with Gasteiger partial charge in [-0.2, -0.15) is 0 Å². The molecule has 2 rings (SSSR count). The number of aromatic nitrogens is 3. The van der Waals surface area contributed by atoms with Crippen molar-refractivity contribution in [3.8, 4) is 0 Å². The van der Waals surface area contributed by atoms with Crippen molar-refractivity contribution in [1.82, 2.24) is 14.4 Å². The fourth-order valence-electron chi connectivity index (χ4n) is 2.11. The first-order valence-electron chi connectivity index (χ1n) is 7.08. The van der Waals surface area contributed by atoms with Crippen LogP contribution in [-0.4, -0.2) is 27.0 Å². The summed E-state index contributed by atoms with van der Waals surface area (Å²) in [7, 11) is 0. The van der Waals surface area contributed by atoms with Gasteiger partial charge in [0.15, 0.2) is 11.5 Å². The van der Waals surface area contributed by atoms with E-state index in [4.69, 9.17) is 0 Å². The summed E-state index contributed by atoms with van der Waals surface area (Å²) in [6, 6.07) is 0.407. The summed E-state index contributed by atoms with van der Waals surface area (Å²) in [6.45, 7) is 7.33. The predicted molar refractivity (Wildman–Crippen MR) is 79.8 cm³/mol. The number of unbranched alkanes of at least 4 members (excludes halogenated alkanes) is 1. The smallest absolute Gasteiger partial charge is 0.180 e. The maximum atomic E-state index is 4.61. The largest absolute Gasteiger partial charge is 0.369 e. The van der Waals surface area contributed by atoms with Crippen LogP contribution in [0.5, 0.6) is 0 Å². The van der Waals surface area contributed by atoms with E-state index >= 15 is 0 Å². The van der Waals surface area contributed by atoms with Crippen LogP contribution in [0.3, 0.4) is 0 Å². The normalized spacial score (nSPS) is 12.6. The van der Waals surface area contributed by atoms with E-state index in [-0.39, 0.29) is 0 Å². The first kappa shape index (κ1) is 13.6. The van der Waals surface area contributed by atoms with Crippen LogP contribution in [0.15, 0.2) is 18.6 Å². The third kappa shape index (κ3) is 3.36. The first-order valence-corrected chi connectivity index (χ1v) is 7.08. The highest BCUT2D eigenvalue weighted by molar-refractivity contribution is 5.65. The zero-order valence-corrected chi connectivity index (χ0v) is 12.0. The van der Waals surface area contributed by atoms with Gasteiger partial charge in [0, 0.05) is 25.0 Å². The van der Waals surface area contributed by atoms with Crippen LogP contribution < -0.4 is 10.6 Å². The van der Waals surface area contributed by atoms with Gasteiger partial charge in [-0.3, -0.25) is 0 Å². The second-order valence-electron chi connectivity index (χ2n) is 4.85. The number of hydrogen-bond donors (Lipinski definition) is 2. The fourth-order valence-corrected chi connectivity index (χ4v) is 2.11. The predicted octanol–water partition coefficient (Wildman–Crippen LogP) is 3.15. The molecule has 0 saturated carbocycles.